The Balaban J connectivity index is 1.94. The zero-order chi connectivity index (χ0) is 15.8. The van der Waals surface area contributed by atoms with Crippen LogP contribution < -0.4 is 10.2 Å². The van der Waals surface area contributed by atoms with Crippen LogP contribution in [-0.4, -0.2) is 43.2 Å². The number of methoxy groups -OCH3 is 1. The van der Waals surface area contributed by atoms with Crippen LogP contribution in [-0.2, 0) is 11.3 Å². The number of anilines is 1. The van der Waals surface area contributed by atoms with E-state index in [1.807, 2.05) is 42.3 Å². The number of amides is 1. The van der Waals surface area contributed by atoms with Crippen LogP contribution in [0.1, 0.15) is 15.9 Å². The van der Waals surface area contributed by atoms with Crippen LogP contribution in [0.2, 0.25) is 0 Å². The van der Waals surface area contributed by atoms with Crippen LogP contribution in [0.4, 0.5) is 5.95 Å². The smallest absolute Gasteiger partial charge is 0.254 e. The number of hydrogen-bond donors (Lipinski definition) is 1. The Bertz CT molecular complexity index is 587. The number of aromatic nitrogens is 2. The lowest BCUT2D eigenvalue weighted by Gasteiger charge is -2.17. The quantitative estimate of drug-likeness (QED) is 0.785. The van der Waals surface area contributed by atoms with Crippen LogP contribution >= 0.6 is 0 Å². The minimum Gasteiger partial charge on any atom is -0.383 e. The van der Waals surface area contributed by atoms with Crippen molar-refractivity contribution in [2.24, 2.45) is 0 Å². The Kier molecular flexibility index (Phi) is 5.85. The minimum atomic E-state index is -0.200. The molecule has 0 saturated heterocycles. The van der Waals surface area contributed by atoms with Gasteiger partial charge >= 0.3 is 0 Å². The van der Waals surface area contributed by atoms with Crippen molar-refractivity contribution in [1.82, 2.24) is 15.3 Å². The van der Waals surface area contributed by atoms with Crippen LogP contribution in [0.5, 0.6) is 0 Å². The molecule has 0 atom stereocenters. The SMILES string of the molecule is COCCNC(=O)c1cnc(N(C)Cc2ccccc2)nc1. The van der Waals surface area contributed by atoms with Crippen molar-refractivity contribution in [3.8, 4) is 0 Å². The summed E-state index contributed by atoms with van der Waals surface area (Å²) < 4.78 is 4.88. The highest BCUT2D eigenvalue weighted by atomic mass is 16.5. The Labute approximate surface area is 130 Å². The van der Waals surface area contributed by atoms with Gasteiger partial charge in [-0.25, -0.2) is 9.97 Å². The second-order valence-electron chi connectivity index (χ2n) is 4.86. The number of carbonyl (C=O) groups excluding carboxylic acids is 1. The fourth-order valence-corrected chi connectivity index (χ4v) is 1.93. The van der Waals surface area contributed by atoms with Gasteiger partial charge in [0.15, 0.2) is 0 Å². The topological polar surface area (TPSA) is 67.3 Å². The maximum Gasteiger partial charge on any atom is 0.254 e. The van der Waals surface area contributed by atoms with E-state index in [-0.39, 0.29) is 5.91 Å². The second kappa shape index (κ2) is 8.09. The standard InChI is InChI=1S/C16H20N4O2/c1-20(12-13-6-4-3-5-7-13)16-18-10-14(11-19-16)15(21)17-8-9-22-2/h3-7,10-11H,8-9,12H2,1-2H3,(H,17,21). The van der Waals surface area contributed by atoms with Gasteiger partial charge in [-0.1, -0.05) is 30.3 Å². The zero-order valence-electron chi connectivity index (χ0n) is 12.8. The van der Waals surface area contributed by atoms with Crippen molar-refractivity contribution in [2.75, 3.05) is 32.2 Å². The van der Waals surface area contributed by atoms with E-state index in [1.165, 1.54) is 18.0 Å². The molecule has 2 rings (SSSR count). The van der Waals surface area contributed by atoms with Gasteiger partial charge in [-0.15, -0.1) is 0 Å². The van der Waals surface area contributed by atoms with Gasteiger partial charge in [0, 0.05) is 39.6 Å². The highest BCUT2D eigenvalue weighted by molar-refractivity contribution is 5.93. The molecule has 2 aromatic rings. The summed E-state index contributed by atoms with van der Waals surface area (Å²) in [5.74, 6) is 0.381. The summed E-state index contributed by atoms with van der Waals surface area (Å²) in [5, 5.41) is 2.73. The Hall–Kier alpha value is -2.47. The first kappa shape index (κ1) is 15.9. The predicted octanol–water partition coefficient (Wildman–Crippen LogP) is 1.49. The number of nitrogens with one attached hydrogen (secondary N) is 1. The molecule has 1 amide bonds. The molecule has 116 valence electrons. The molecule has 6 heteroatoms. The first-order valence-corrected chi connectivity index (χ1v) is 7.05. The Morgan fingerprint density at radius 1 is 1.23 bits per heavy atom. The van der Waals surface area contributed by atoms with Crippen molar-refractivity contribution in [3.05, 3.63) is 53.9 Å². The molecule has 0 saturated carbocycles. The average Bonchev–Trinajstić information content (AvgIpc) is 2.56. The molecule has 0 unspecified atom stereocenters. The summed E-state index contributed by atoms with van der Waals surface area (Å²) in [6.07, 6.45) is 3.07. The van der Waals surface area contributed by atoms with Gasteiger partial charge in [0.2, 0.25) is 5.95 Å². The van der Waals surface area contributed by atoms with Gasteiger partial charge in [0.1, 0.15) is 0 Å². The maximum atomic E-state index is 11.8. The van der Waals surface area contributed by atoms with Crippen molar-refractivity contribution < 1.29 is 9.53 Å². The molecular formula is C16H20N4O2. The van der Waals surface area contributed by atoms with E-state index in [9.17, 15) is 4.79 Å². The van der Waals surface area contributed by atoms with E-state index in [1.54, 1.807) is 7.11 Å². The maximum absolute atomic E-state index is 11.8. The van der Waals surface area contributed by atoms with E-state index >= 15 is 0 Å². The number of nitrogens with zero attached hydrogens (tertiary/aromatic N) is 3. The molecule has 1 aromatic carbocycles. The fraction of sp³-hybridized carbons (Fsp3) is 0.312. The van der Waals surface area contributed by atoms with Crippen LogP contribution in [0.3, 0.4) is 0 Å². The summed E-state index contributed by atoms with van der Waals surface area (Å²) in [7, 11) is 3.51. The minimum absolute atomic E-state index is 0.200. The first-order chi connectivity index (χ1) is 10.7. The molecule has 0 aliphatic rings. The van der Waals surface area contributed by atoms with Gasteiger partial charge in [0.25, 0.3) is 5.91 Å². The lowest BCUT2D eigenvalue weighted by Crippen LogP contribution is -2.27. The Morgan fingerprint density at radius 2 is 1.91 bits per heavy atom. The number of ether oxygens (including phenoxy) is 1. The first-order valence-electron chi connectivity index (χ1n) is 7.05. The molecule has 0 radical (unpaired) electrons. The molecule has 1 aromatic heterocycles. The van der Waals surface area contributed by atoms with Gasteiger partial charge in [-0.3, -0.25) is 4.79 Å². The van der Waals surface area contributed by atoms with Crippen molar-refractivity contribution >= 4 is 11.9 Å². The van der Waals surface area contributed by atoms with E-state index in [2.05, 4.69) is 15.3 Å². The number of carbonyl (C=O) groups is 1. The van der Waals surface area contributed by atoms with Crippen LogP contribution in [0.15, 0.2) is 42.7 Å². The van der Waals surface area contributed by atoms with Crippen LogP contribution in [0, 0.1) is 0 Å². The molecular weight excluding hydrogens is 280 g/mol. The van der Waals surface area contributed by atoms with Gasteiger partial charge in [-0.05, 0) is 5.56 Å². The second-order valence-corrected chi connectivity index (χ2v) is 4.86. The van der Waals surface area contributed by atoms with Crippen molar-refractivity contribution in [2.45, 2.75) is 6.54 Å². The third-order valence-corrected chi connectivity index (χ3v) is 3.10. The molecule has 6 nitrogen and oxygen atoms in total. The third-order valence-electron chi connectivity index (χ3n) is 3.10. The van der Waals surface area contributed by atoms with Crippen molar-refractivity contribution in [1.29, 1.82) is 0 Å². The van der Waals surface area contributed by atoms with Gasteiger partial charge in [-0.2, -0.15) is 0 Å². The molecule has 0 fully saturated rings. The van der Waals surface area contributed by atoms with E-state index in [0.717, 1.165) is 0 Å². The van der Waals surface area contributed by atoms with Crippen LogP contribution in [0.25, 0.3) is 0 Å². The monoisotopic (exact) mass is 300 g/mol. The molecule has 0 spiro atoms. The van der Waals surface area contributed by atoms with E-state index in [0.29, 0.717) is 31.2 Å². The number of hydrogen-bond acceptors (Lipinski definition) is 5. The molecule has 22 heavy (non-hydrogen) atoms. The average molecular weight is 300 g/mol. The summed E-state index contributed by atoms with van der Waals surface area (Å²) in [5.41, 5.74) is 1.61. The van der Waals surface area contributed by atoms with E-state index < -0.39 is 0 Å². The molecule has 1 N–H and O–H groups in total. The number of rotatable bonds is 7. The molecule has 1 heterocycles. The lowest BCUT2D eigenvalue weighted by molar-refractivity contribution is 0.0936. The third kappa shape index (κ3) is 4.53. The molecule has 0 aliphatic heterocycles. The highest BCUT2D eigenvalue weighted by Crippen LogP contribution is 2.10. The normalized spacial score (nSPS) is 10.3. The van der Waals surface area contributed by atoms with E-state index in [4.69, 9.17) is 4.74 Å². The number of benzene rings is 1. The summed E-state index contributed by atoms with van der Waals surface area (Å²) >= 11 is 0. The summed E-state index contributed by atoms with van der Waals surface area (Å²) in [4.78, 5) is 22.3. The molecule has 0 aliphatic carbocycles. The Morgan fingerprint density at radius 3 is 2.55 bits per heavy atom. The summed E-state index contributed by atoms with van der Waals surface area (Å²) in [6, 6.07) is 10.1. The van der Waals surface area contributed by atoms with Gasteiger partial charge < -0.3 is 15.0 Å². The largest absolute Gasteiger partial charge is 0.383 e. The fourth-order valence-electron chi connectivity index (χ4n) is 1.93. The van der Waals surface area contributed by atoms with Gasteiger partial charge in [0.05, 0.1) is 12.2 Å². The van der Waals surface area contributed by atoms with Crippen molar-refractivity contribution in [3.63, 3.8) is 0 Å². The lowest BCUT2D eigenvalue weighted by atomic mass is 10.2. The predicted molar refractivity (Wildman–Crippen MR) is 84.8 cm³/mol. The molecule has 0 bridgehead atoms. The highest BCUT2D eigenvalue weighted by Gasteiger charge is 2.09. The summed E-state index contributed by atoms with van der Waals surface area (Å²) in [6.45, 7) is 1.65. The zero-order valence-corrected chi connectivity index (χ0v) is 12.8.